The highest BCUT2D eigenvalue weighted by atomic mass is 19.1. The maximum absolute atomic E-state index is 13.6. The van der Waals surface area contributed by atoms with Gasteiger partial charge in [0.25, 0.3) is 5.91 Å². The van der Waals surface area contributed by atoms with Crippen LogP contribution in [0.15, 0.2) is 18.2 Å². The quantitative estimate of drug-likeness (QED) is 0.931. The molecule has 2 rings (SSSR count). The Hall–Kier alpha value is -1.98. The summed E-state index contributed by atoms with van der Waals surface area (Å²) in [4.78, 5) is 25.4. The first kappa shape index (κ1) is 16.4. The summed E-state index contributed by atoms with van der Waals surface area (Å²) in [7, 11) is 0. The summed E-state index contributed by atoms with van der Waals surface area (Å²) in [6, 6.07) is 2.99. The lowest BCUT2D eigenvalue weighted by atomic mass is 10.0. The van der Waals surface area contributed by atoms with Crippen LogP contribution in [0, 0.1) is 17.6 Å². The molecule has 1 saturated heterocycles. The normalized spacial score (nSPS) is 16.0. The van der Waals surface area contributed by atoms with E-state index < -0.39 is 17.5 Å². The predicted molar refractivity (Wildman–Crippen MR) is 78.3 cm³/mol. The van der Waals surface area contributed by atoms with Crippen molar-refractivity contribution in [2.75, 3.05) is 13.1 Å². The summed E-state index contributed by atoms with van der Waals surface area (Å²) in [6.07, 6.45) is 1.26. The number of hydrogen-bond donors (Lipinski definition) is 1. The van der Waals surface area contributed by atoms with E-state index in [-0.39, 0.29) is 23.4 Å². The average molecular weight is 310 g/mol. The van der Waals surface area contributed by atoms with Gasteiger partial charge in [0.15, 0.2) is 0 Å². The number of amides is 2. The third-order valence-electron chi connectivity index (χ3n) is 3.81. The van der Waals surface area contributed by atoms with Crippen LogP contribution in [0.2, 0.25) is 0 Å². The summed E-state index contributed by atoms with van der Waals surface area (Å²) < 4.78 is 26.5. The lowest BCUT2D eigenvalue weighted by molar-refractivity contribution is -0.124. The number of hydrogen-bond acceptors (Lipinski definition) is 2. The van der Waals surface area contributed by atoms with Crippen molar-refractivity contribution in [3.8, 4) is 0 Å². The molecular weight excluding hydrogens is 290 g/mol. The molecule has 1 aliphatic rings. The van der Waals surface area contributed by atoms with Crippen LogP contribution in [-0.4, -0.2) is 35.8 Å². The van der Waals surface area contributed by atoms with Crippen molar-refractivity contribution in [1.82, 2.24) is 10.2 Å². The highest BCUT2D eigenvalue weighted by molar-refractivity contribution is 5.94. The fourth-order valence-corrected chi connectivity index (χ4v) is 2.43. The molecule has 1 fully saturated rings. The van der Waals surface area contributed by atoms with Crippen molar-refractivity contribution in [3.63, 3.8) is 0 Å². The van der Waals surface area contributed by atoms with Gasteiger partial charge in [0, 0.05) is 31.1 Å². The number of carbonyl (C=O) groups excluding carboxylic acids is 2. The first-order chi connectivity index (χ1) is 10.4. The third-order valence-corrected chi connectivity index (χ3v) is 3.81. The number of carbonyl (C=O) groups is 2. The Morgan fingerprint density at radius 1 is 1.23 bits per heavy atom. The van der Waals surface area contributed by atoms with Gasteiger partial charge >= 0.3 is 0 Å². The van der Waals surface area contributed by atoms with Crippen molar-refractivity contribution in [3.05, 3.63) is 35.4 Å². The van der Waals surface area contributed by atoms with Crippen LogP contribution in [0.3, 0.4) is 0 Å². The summed E-state index contributed by atoms with van der Waals surface area (Å²) in [5.41, 5.74) is -0.119. The fourth-order valence-electron chi connectivity index (χ4n) is 2.43. The van der Waals surface area contributed by atoms with Gasteiger partial charge in [-0.3, -0.25) is 9.59 Å². The third kappa shape index (κ3) is 3.81. The van der Waals surface area contributed by atoms with Gasteiger partial charge in [-0.15, -0.1) is 0 Å². The van der Waals surface area contributed by atoms with Crippen molar-refractivity contribution < 1.29 is 18.4 Å². The van der Waals surface area contributed by atoms with Crippen LogP contribution in [-0.2, 0) is 4.79 Å². The van der Waals surface area contributed by atoms with E-state index in [0.717, 1.165) is 6.07 Å². The van der Waals surface area contributed by atoms with Gasteiger partial charge in [-0.2, -0.15) is 0 Å². The van der Waals surface area contributed by atoms with Gasteiger partial charge in [0.1, 0.15) is 11.6 Å². The van der Waals surface area contributed by atoms with Gasteiger partial charge in [0.05, 0.1) is 5.56 Å². The zero-order valence-electron chi connectivity index (χ0n) is 12.7. The molecule has 0 spiro atoms. The zero-order chi connectivity index (χ0) is 16.3. The summed E-state index contributed by atoms with van der Waals surface area (Å²) in [5.74, 6) is -2.07. The Kier molecular flexibility index (Phi) is 5.11. The highest BCUT2D eigenvalue weighted by Crippen LogP contribution is 2.17. The topological polar surface area (TPSA) is 49.4 Å². The molecule has 0 aliphatic carbocycles. The van der Waals surface area contributed by atoms with Crippen LogP contribution in [0.5, 0.6) is 0 Å². The standard InChI is InChI=1S/C16H20F2N2O2/c1-10(2)15(21)19-12-5-7-20(8-6-12)16(22)13-4-3-11(17)9-14(13)18/h3-4,9-10,12H,5-8H2,1-2H3,(H,19,21). The van der Waals surface area contributed by atoms with Crippen molar-refractivity contribution in [2.45, 2.75) is 32.7 Å². The Morgan fingerprint density at radius 3 is 2.41 bits per heavy atom. The molecule has 1 aromatic carbocycles. The number of nitrogens with zero attached hydrogens (tertiary/aromatic N) is 1. The summed E-state index contributed by atoms with van der Waals surface area (Å²) in [6.45, 7) is 4.54. The second-order valence-corrected chi connectivity index (χ2v) is 5.85. The number of halogens is 2. The number of likely N-dealkylation sites (tertiary alicyclic amines) is 1. The molecule has 0 radical (unpaired) electrons. The van der Waals surface area contributed by atoms with E-state index in [9.17, 15) is 18.4 Å². The average Bonchev–Trinajstić information content (AvgIpc) is 2.47. The summed E-state index contributed by atoms with van der Waals surface area (Å²) in [5, 5.41) is 2.94. The van der Waals surface area contributed by atoms with E-state index in [1.807, 2.05) is 13.8 Å². The number of benzene rings is 1. The Morgan fingerprint density at radius 2 is 1.86 bits per heavy atom. The minimum atomic E-state index is -0.847. The Labute approximate surface area is 128 Å². The molecule has 0 saturated carbocycles. The Balaban J connectivity index is 1.94. The predicted octanol–water partition coefficient (Wildman–Crippen LogP) is 2.34. The van der Waals surface area contributed by atoms with E-state index >= 15 is 0 Å². The van der Waals surface area contributed by atoms with Crippen molar-refractivity contribution >= 4 is 11.8 Å². The van der Waals surface area contributed by atoms with E-state index in [0.29, 0.717) is 32.0 Å². The van der Waals surface area contributed by atoms with Gasteiger partial charge in [-0.05, 0) is 25.0 Å². The molecule has 0 unspecified atom stereocenters. The molecule has 22 heavy (non-hydrogen) atoms. The fraction of sp³-hybridized carbons (Fsp3) is 0.500. The van der Waals surface area contributed by atoms with Gasteiger partial charge in [-0.1, -0.05) is 13.8 Å². The smallest absolute Gasteiger partial charge is 0.256 e. The van der Waals surface area contributed by atoms with E-state index in [1.54, 1.807) is 0 Å². The maximum Gasteiger partial charge on any atom is 0.256 e. The molecule has 120 valence electrons. The van der Waals surface area contributed by atoms with Gasteiger partial charge in [-0.25, -0.2) is 8.78 Å². The minimum absolute atomic E-state index is 0.00523. The van der Waals surface area contributed by atoms with Gasteiger partial charge in [0.2, 0.25) is 5.91 Å². The molecule has 1 aromatic rings. The first-order valence-corrected chi connectivity index (χ1v) is 7.43. The first-order valence-electron chi connectivity index (χ1n) is 7.43. The van der Waals surface area contributed by atoms with Crippen LogP contribution < -0.4 is 5.32 Å². The van der Waals surface area contributed by atoms with E-state index in [1.165, 1.54) is 11.0 Å². The minimum Gasteiger partial charge on any atom is -0.353 e. The zero-order valence-corrected chi connectivity index (χ0v) is 12.7. The van der Waals surface area contributed by atoms with Crippen molar-refractivity contribution in [2.24, 2.45) is 5.92 Å². The molecule has 1 heterocycles. The van der Waals surface area contributed by atoms with Gasteiger partial charge < -0.3 is 10.2 Å². The molecular formula is C16H20F2N2O2. The molecule has 1 N–H and O–H groups in total. The van der Waals surface area contributed by atoms with Crippen LogP contribution in [0.25, 0.3) is 0 Å². The molecule has 0 bridgehead atoms. The second-order valence-electron chi connectivity index (χ2n) is 5.85. The number of piperidine rings is 1. The summed E-state index contributed by atoms with van der Waals surface area (Å²) >= 11 is 0. The molecule has 1 aliphatic heterocycles. The lowest BCUT2D eigenvalue weighted by Gasteiger charge is -2.32. The van der Waals surface area contributed by atoms with Crippen LogP contribution in [0.4, 0.5) is 8.78 Å². The SMILES string of the molecule is CC(C)C(=O)NC1CCN(C(=O)c2ccc(F)cc2F)CC1. The van der Waals surface area contributed by atoms with Crippen LogP contribution >= 0.6 is 0 Å². The lowest BCUT2D eigenvalue weighted by Crippen LogP contribution is -2.47. The number of nitrogens with one attached hydrogen (secondary N) is 1. The highest BCUT2D eigenvalue weighted by Gasteiger charge is 2.26. The van der Waals surface area contributed by atoms with Crippen LogP contribution in [0.1, 0.15) is 37.0 Å². The molecule has 0 aromatic heterocycles. The second kappa shape index (κ2) is 6.85. The molecule has 2 amide bonds. The molecule has 6 heteroatoms. The molecule has 0 atom stereocenters. The van der Waals surface area contributed by atoms with E-state index in [2.05, 4.69) is 5.32 Å². The maximum atomic E-state index is 13.6. The van der Waals surface area contributed by atoms with E-state index in [4.69, 9.17) is 0 Å². The largest absolute Gasteiger partial charge is 0.353 e. The number of rotatable bonds is 3. The molecule has 4 nitrogen and oxygen atoms in total. The monoisotopic (exact) mass is 310 g/mol. The van der Waals surface area contributed by atoms with Crippen molar-refractivity contribution in [1.29, 1.82) is 0 Å². The Bertz CT molecular complexity index is 567.